The third kappa shape index (κ3) is 3.57. The Hall–Kier alpha value is -2.41. The van der Waals surface area contributed by atoms with Crippen LogP contribution >= 0.6 is 0 Å². The highest BCUT2D eigenvalue weighted by molar-refractivity contribution is 5.78. The van der Waals surface area contributed by atoms with Crippen molar-refractivity contribution in [3.63, 3.8) is 0 Å². The van der Waals surface area contributed by atoms with Gasteiger partial charge in [0.2, 0.25) is 5.91 Å². The Balaban J connectivity index is 1.54. The van der Waals surface area contributed by atoms with Crippen molar-refractivity contribution in [1.29, 1.82) is 0 Å². The van der Waals surface area contributed by atoms with Gasteiger partial charge in [-0.1, -0.05) is 0 Å². The Morgan fingerprint density at radius 1 is 1.43 bits per heavy atom. The normalized spacial score (nSPS) is 21.1. The number of aromatic nitrogens is 3. The number of ether oxygens (including phenoxy) is 2. The molecule has 2 N–H and O–H groups in total. The summed E-state index contributed by atoms with van der Waals surface area (Å²) in [6.45, 7) is 0.899. The Bertz CT molecular complexity index is 573. The molecule has 2 atom stereocenters. The van der Waals surface area contributed by atoms with Crippen LogP contribution in [0.5, 0.6) is 5.75 Å². The van der Waals surface area contributed by atoms with E-state index < -0.39 is 0 Å². The number of H-pyrrole nitrogens is 1. The quantitative estimate of drug-likeness (QED) is 0.826. The molecule has 1 aliphatic heterocycles. The lowest BCUT2D eigenvalue weighted by Crippen LogP contribution is -2.45. The van der Waals surface area contributed by atoms with E-state index in [2.05, 4.69) is 20.5 Å². The van der Waals surface area contributed by atoms with Crippen LogP contribution in [0.15, 0.2) is 36.9 Å². The van der Waals surface area contributed by atoms with Crippen LogP contribution < -0.4 is 10.1 Å². The molecule has 1 fully saturated rings. The summed E-state index contributed by atoms with van der Waals surface area (Å²) in [5, 5.41) is 9.45. The van der Waals surface area contributed by atoms with E-state index in [9.17, 15) is 4.79 Å². The maximum absolute atomic E-state index is 12.1. The van der Waals surface area contributed by atoms with Gasteiger partial charge in [-0.3, -0.25) is 14.9 Å². The number of pyridine rings is 1. The van der Waals surface area contributed by atoms with Crippen molar-refractivity contribution >= 4 is 5.91 Å². The number of nitrogens with one attached hydrogen (secondary N) is 2. The van der Waals surface area contributed by atoms with Crippen LogP contribution in [0.3, 0.4) is 0 Å². The number of carbonyl (C=O) groups excluding carboxylic acids is 1. The summed E-state index contributed by atoms with van der Waals surface area (Å²) in [4.78, 5) is 16.0. The lowest BCUT2D eigenvalue weighted by Gasteiger charge is -2.19. The number of aromatic amines is 1. The highest BCUT2D eigenvalue weighted by Crippen LogP contribution is 2.15. The Morgan fingerprint density at radius 2 is 2.29 bits per heavy atom. The first-order valence-corrected chi connectivity index (χ1v) is 6.73. The molecular weight excluding hydrogens is 272 g/mol. The SMILES string of the molecule is O=C(Cc1ccncc1)N[C@H]1COC[C@H]1Oc1cn[nH]c1. The number of hydrogen-bond acceptors (Lipinski definition) is 5. The van der Waals surface area contributed by atoms with Crippen molar-refractivity contribution in [3.05, 3.63) is 42.5 Å². The van der Waals surface area contributed by atoms with Crippen LogP contribution in [-0.2, 0) is 16.0 Å². The minimum atomic E-state index is -0.205. The first-order chi connectivity index (χ1) is 10.3. The molecule has 0 aromatic carbocycles. The van der Waals surface area contributed by atoms with Gasteiger partial charge in [-0.05, 0) is 17.7 Å². The Labute approximate surface area is 121 Å². The standard InChI is InChI=1S/C14H16N4O3/c19-14(5-10-1-3-15-4-2-10)18-12-8-20-9-13(12)21-11-6-16-17-7-11/h1-4,6-7,12-13H,5,8-9H2,(H,16,17)(H,18,19)/t12-,13+/m0/s1. The molecule has 3 heterocycles. The fourth-order valence-corrected chi connectivity index (χ4v) is 2.21. The van der Waals surface area contributed by atoms with E-state index in [0.29, 0.717) is 25.4 Å². The average molecular weight is 288 g/mol. The van der Waals surface area contributed by atoms with Gasteiger partial charge in [0.1, 0.15) is 6.10 Å². The van der Waals surface area contributed by atoms with Crippen molar-refractivity contribution in [2.75, 3.05) is 13.2 Å². The Kier molecular flexibility index (Phi) is 4.11. The smallest absolute Gasteiger partial charge is 0.224 e. The molecule has 3 rings (SSSR count). The van der Waals surface area contributed by atoms with E-state index in [1.165, 1.54) is 0 Å². The van der Waals surface area contributed by atoms with E-state index in [1.807, 2.05) is 12.1 Å². The van der Waals surface area contributed by atoms with Gasteiger partial charge in [0.15, 0.2) is 5.75 Å². The molecule has 0 bridgehead atoms. The van der Waals surface area contributed by atoms with Crippen LogP contribution in [0, 0.1) is 0 Å². The zero-order chi connectivity index (χ0) is 14.5. The minimum Gasteiger partial charge on any atom is -0.482 e. The van der Waals surface area contributed by atoms with Gasteiger partial charge in [-0.2, -0.15) is 5.10 Å². The molecule has 7 nitrogen and oxygen atoms in total. The van der Waals surface area contributed by atoms with Crippen LogP contribution in [0.25, 0.3) is 0 Å². The second-order valence-corrected chi connectivity index (χ2v) is 4.83. The molecular formula is C14H16N4O3. The minimum absolute atomic E-state index is 0.0579. The summed E-state index contributed by atoms with van der Waals surface area (Å²) >= 11 is 0. The second-order valence-electron chi connectivity index (χ2n) is 4.83. The van der Waals surface area contributed by atoms with Crippen molar-refractivity contribution in [1.82, 2.24) is 20.5 Å². The van der Waals surface area contributed by atoms with E-state index in [0.717, 1.165) is 5.56 Å². The first kappa shape index (κ1) is 13.6. The molecule has 110 valence electrons. The van der Waals surface area contributed by atoms with Crippen molar-refractivity contribution in [3.8, 4) is 5.75 Å². The molecule has 1 amide bonds. The van der Waals surface area contributed by atoms with Crippen LogP contribution in [0.2, 0.25) is 0 Å². The molecule has 0 radical (unpaired) electrons. The summed E-state index contributed by atoms with van der Waals surface area (Å²) in [5.74, 6) is 0.580. The zero-order valence-corrected chi connectivity index (χ0v) is 11.4. The van der Waals surface area contributed by atoms with Gasteiger partial charge in [0.25, 0.3) is 0 Å². The number of nitrogens with zero attached hydrogens (tertiary/aromatic N) is 2. The number of carbonyl (C=O) groups is 1. The van der Waals surface area contributed by atoms with Gasteiger partial charge in [0.05, 0.1) is 38.1 Å². The summed E-state index contributed by atoms with van der Waals surface area (Å²) < 4.78 is 11.1. The van der Waals surface area contributed by atoms with Crippen molar-refractivity contribution in [2.24, 2.45) is 0 Å². The first-order valence-electron chi connectivity index (χ1n) is 6.73. The molecule has 0 saturated carbocycles. The summed E-state index contributed by atoms with van der Waals surface area (Å²) in [7, 11) is 0. The molecule has 2 aromatic rings. The summed E-state index contributed by atoms with van der Waals surface area (Å²) in [6, 6.07) is 3.49. The monoisotopic (exact) mass is 288 g/mol. The number of rotatable bonds is 5. The third-order valence-corrected chi connectivity index (χ3v) is 3.25. The van der Waals surface area contributed by atoms with Gasteiger partial charge in [-0.25, -0.2) is 0 Å². The molecule has 7 heteroatoms. The van der Waals surface area contributed by atoms with Gasteiger partial charge in [-0.15, -0.1) is 0 Å². The van der Waals surface area contributed by atoms with E-state index in [4.69, 9.17) is 9.47 Å². The highest BCUT2D eigenvalue weighted by Gasteiger charge is 2.31. The maximum Gasteiger partial charge on any atom is 0.224 e. The lowest BCUT2D eigenvalue weighted by atomic mass is 10.1. The summed E-state index contributed by atoms with van der Waals surface area (Å²) in [6.07, 6.45) is 6.71. The van der Waals surface area contributed by atoms with E-state index in [-0.39, 0.29) is 18.1 Å². The predicted octanol–water partition coefficient (Wildman–Crippen LogP) is 0.310. The van der Waals surface area contributed by atoms with Crippen LogP contribution in [-0.4, -0.2) is 46.4 Å². The number of hydrogen-bond donors (Lipinski definition) is 2. The Morgan fingerprint density at radius 3 is 3.05 bits per heavy atom. The van der Waals surface area contributed by atoms with Gasteiger partial charge < -0.3 is 14.8 Å². The molecule has 1 saturated heterocycles. The molecule has 2 aromatic heterocycles. The third-order valence-electron chi connectivity index (χ3n) is 3.25. The largest absolute Gasteiger partial charge is 0.482 e. The molecule has 1 aliphatic rings. The average Bonchev–Trinajstić information content (AvgIpc) is 3.13. The molecule has 21 heavy (non-hydrogen) atoms. The fourth-order valence-electron chi connectivity index (χ4n) is 2.21. The second kappa shape index (κ2) is 6.36. The molecule has 0 spiro atoms. The number of amides is 1. The predicted molar refractivity (Wildman–Crippen MR) is 73.7 cm³/mol. The van der Waals surface area contributed by atoms with Gasteiger partial charge in [0, 0.05) is 12.4 Å². The van der Waals surface area contributed by atoms with Crippen molar-refractivity contribution < 1.29 is 14.3 Å². The van der Waals surface area contributed by atoms with Crippen LogP contribution in [0.1, 0.15) is 5.56 Å². The van der Waals surface area contributed by atoms with Crippen molar-refractivity contribution in [2.45, 2.75) is 18.6 Å². The highest BCUT2D eigenvalue weighted by atomic mass is 16.5. The van der Waals surface area contributed by atoms with E-state index >= 15 is 0 Å². The van der Waals surface area contributed by atoms with E-state index in [1.54, 1.807) is 24.8 Å². The summed E-state index contributed by atoms with van der Waals surface area (Å²) in [5.41, 5.74) is 0.925. The maximum atomic E-state index is 12.1. The zero-order valence-electron chi connectivity index (χ0n) is 11.4. The molecule has 0 aliphatic carbocycles. The molecule has 0 unspecified atom stereocenters. The van der Waals surface area contributed by atoms with Crippen LogP contribution in [0.4, 0.5) is 0 Å². The fraction of sp³-hybridized carbons (Fsp3) is 0.357. The topological polar surface area (TPSA) is 89.1 Å². The lowest BCUT2D eigenvalue weighted by molar-refractivity contribution is -0.121. The van der Waals surface area contributed by atoms with Gasteiger partial charge >= 0.3 is 0 Å².